The normalized spacial score (nSPS) is 11.1. The zero-order valence-electron chi connectivity index (χ0n) is 13.3. The standard InChI is InChI=1S/C18H24N2O/c1-5-19-12-16-10-11-17(20(4)18(16)21)15-8-6-14(7-9-15)13(2)3/h6-11,13,19H,5,12H2,1-4H3. The molecule has 0 aliphatic heterocycles. The summed E-state index contributed by atoms with van der Waals surface area (Å²) in [6.45, 7) is 7.88. The summed E-state index contributed by atoms with van der Waals surface area (Å²) in [5.41, 5.74) is 4.22. The second-order valence-electron chi connectivity index (χ2n) is 5.67. The van der Waals surface area contributed by atoms with E-state index in [9.17, 15) is 4.79 Å². The summed E-state index contributed by atoms with van der Waals surface area (Å²) >= 11 is 0. The van der Waals surface area contributed by atoms with Gasteiger partial charge in [0.1, 0.15) is 0 Å². The van der Waals surface area contributed by atoms with E-state index >= 15 is 0 Å². The van der Waals surface area contributed by atoms with Crippen LogP contribution < -0.4 is 10.9 Å². The molecule has 0 unspecified atom stereocenters. The molecule has 0 fully saturated rings. The molecule has 21 heavy (non-hydrogen) atoms. The van der Waals surface area contributed by atoms with Crippen molar-refractivity contribution in [1.82, 2.24) is 9.88 Å². The van der Waals surface area contributed by atoms with Crippen molar-refractivity contribution in [1.29, 1.82) is 0 Å². The summed E-state index contributed by atoms with van der Waals surface area (Å²) in [7, 11) is 1.84. The smallest absolute Gasteiger partial charge is 0.255 e. The Morgan fingerprint density at radius 1 is 1.10 bits per heavy atom. The first-order valence-electron chi connectivity index (χ1n) is 7.54. The predicted molar refractivity (Wildman–Crippen MR) is 88.6 cm³/mol. The van der Waals surface area contributed by atoms with E-state index in [1.54, 1.807) is 4.57 Å². The third-order valence-corrected chi connectivity index (χ3v) is 3.82. The van der Waals surface area contributed by atoms with E-state index in [4.69, 9.17) is 0 Å². The second-order valence-corrected chi connectivity index (χ2v) is 5.67. The maximum absolute atomic E-state index is 12.4. The third-order valence-electron chi connectivity index (χ3n) is 3.82. The maximum atomic E-state index is 12.4. The minimum Gasteiger partial charge on any atom is -0.313 e. The number of nitrogens with zero attached hydrogens (tertiary/aromatic N) is 1. The number of rotatable bonds is 5. The van der Waals surface area contributed by atoms with Crippen LogP contribution in [0.3, 0.4) is 0 Å². The minimum atomic E-state index is 0.0707. The molecule has 3 heteroatoms. The van der Waals surface area contributed by atoms with Crippen molar-refractivity contribution in [2.45, 2.75) is 33.2 Å². The summed E-state index contributed by atoms with van der Waals surface area (Å²) in [5.74, 6) is 0.519. The lowest BCUT2D eigenvalue weighted by Crippen LogP contribution is -2.26. The van der Waals surface area contributed by atoms with Gasteiger partial charge in [0.2, 0.25) is 0 Å². The van der Waals surface area contributed by atoms with Gasteiger partial charge in [-0.1, -0.05) is 51.1 Å². The Hall–Kier alpha value is -1.87. The molecule has 3 nitrogen and oxygen atoms in total. The molecule has 0 saturated heterocycles. The summed E-state index contributed by atoms with van der Waals surface area (Å²) in [5, 5.41) is 3.20. The quantitative estimate of drug-likeness (QED) is 0.914. The number of hydrogen-bond donors (Lipinski definition) is 1. The van der Waals surface area contributed by atoms with Crippen LogP contribution in [0, 0.1) is 0 Å². The molecule has 0 spiro atoms. The van der Waals surface area contributed by atoms with Gasteiger partial charge in [-0.3, -0.25) is 4.79 Å². The molecule has 0 atom stereocenters. The third kappa shape index (κ3) is 3.42. The molecule has 112 valence electrons. The van der Waals surface area contributed by atoms with Gasteiger partial charge in [0.15, 0.2) is 0 Å². The monoisotopic (exact) mass is 284 g/mol. The highest BCUT2D eigenvalue weighted by atomic mass is 16.1. The predicted octanol–water partition coefficient (Wildman–Crippen LogP) is 3.29. The van der Waals surface area contributed by atoms with Crippen molar-refractivity contribution < 1.29 is 0 Å². The molecule has 0 aliphatic carbocycles. The fourth-order valence-electron chi connectivity index (χ4n) is 2.41. The Kier molecular flexibility index (Phi) is 4.97. The average molecular weight is 284 g/mol. The minimum absolute atomic E-state index is 0.0707. The van der Waals surface area contributed by atoms with Gasteiger partial charge < -0.3 is 9.88 Å². The van der Waals surface area contributed by atoms with E-state index in [0.29, 0.717) is 12.5 Å². The highest BCUT2D eigenvalue weighted by Crippen LogP contribution is 2.21. The van der Waals surface area contributed by atoms with Gasteiger partial charge >= 0.3 is 0 Å². The summed E-state index contributed by atoms with van der Waals surface area (Å²) < 4.78 is 1.73. The number of benzene rings is 1. The van der Waals surface area contributed by atoms with Gasteiger partial charge in [-0.05, 0) is 29.7 Å². The van der Waals surface area contributed by atoms with E-state index in [1.165, 1.54) is 5.56 Å². The van der Waals surface area contributed by atoms with Crippen molar-refractivity contribution in [2.24, 2.45) is 7.05 Å². The zero-order valence-corrected chi connectivity index (χ0v) is 13.3. The van der Waals surface area contributed by atoms with E-state index in [-0.39, 0.29) is 5.56 Å². The molecular weight excluding hydrogens is 260 g/mol. The van der Waals surface area contributed by atoms with Crippen LogP contribution in [-0.2, 0) is 13.6 Å². The zero-order chi connectivity index (χ0) is 15.4. The lowest BCUT2D eigenvalue weighted by molar-refractivity contribution is 0.708. The highest BCUT2D eigenvalue weighted by Gasteiger charge is 2.08. The summed E-state index contributed by atoms with van der Waals surface area (Å²) in [4.78, 5) is 12.4. The molecule has 0 bridgehead atoms. The molecule has 1 aromatic heterocycles. The fourth-order valence-corrected chi connectivity index (χ4v) is 2.41. The molecule has 0 aliphatic rings. The lowest BCUT2D eigenvalue weighted by atomic mass is 10.0. The molecule has 0 amide bonds. The van der Waals surface area contributed by atoms with Crippen LogP contribution in [0.1, 0.15) is 37.8 Å². The highest BCUT2D eigenvalue weighted by molar-refractivity contribution is 5.60. The van der Waals surface area contributed by atoms with Crippen LogP contribution in [-0.4, -0.2) is 11.1 Å². The molecule has 1 aromatic carbocycles. The average Bonchev–Trinajstić information content (AvgIpc) is 2.49. The van der Waals surface area contributed by atoms with Gasteiger partial charge in [-0.25, -0.2) is 0 Å². The Morgan fingerprint density at radius 3 is 2.33 bits per heavy atom. The van der Waals surface area contributed by atoms with Crippen LogP contribution >= 0.6 is 0 Å². The first-order chi connectivity index (χ1) is 10.0. The Labute approximate surface area is 126 Å². The van der Waals surface area contributed by atoms with Crippen molar-refractivity contribution in [3.05, 3.63) is 57.9 Å². The molecular formula is C18H24N2O. The topological polar surface area (TPSA) is 34.0 Å². The van der Waals surface area contributed by atoms with E-state index in [0.717, 1.165) is 23.4 Å². The van der Waals surface area contributed by atoms with E-state index < -0.39 is 0 Å². The first-order valence-corrected chi connectivity index (χ1v) is 7.54. The van der Waals surface area contributed by atoms with Gasteiger partial charge in [0.25, 0.3) is 5.56 Å². The number of hydrogen-bond acceptors (Lipinski definition) is 2. The van der Waals surface area contributed by atoms with Gasteiger partial charge in [0, 0.05) is 19.2 Å². The van der Waals surface area contributed by atoms with Crippen molar-refractivity contribution >= 4 is 0 Å². The lowest BCUT2D eigenvalue weighted by Gasteiger charge is -2.12. The van der Waals surface area contributed by atoms with Gasteiger partial charge in [-0.2, -0.15) is 0 Å². The van der Waals surface area contributed by atoms with Gasteiger partial charge in [-0.15, -0.1) is 0 Å². The second kappa shape index (κ2) is 6.72. The number of pyridine rings is 1. The Balaban J connectivity index is 2.36. The van der Waals surface area contributed by atoms with Crippen molar-refractivity contribution in [3.8, 4) is 11.3 Å². The fraction of sp³-hybridized carbons (Fsp3) is 0.389. The first kappa shape index (κ1) is 15.5. The SMILES string of the molecule is CCNCc1ccc(-c2ccc(C(C)C)cc2)n(C)c1=O. The summed E-state index contributed by atoms with van der Waals surface area (Å²) in [6, 6.07) is 12.4. The van der Waals surface area contributed by atoms with Crippen molar-refractivity contribution in [3.63, 3.8) is 0 Å². The van der Waals surface area contributed by atoms with Crippen LogP contribution in [0.2, 0.25) is 0 Å². The van der Waals surface area contributed by atoms with Crippen LogP contribution in [0.25, 0.3) is 11.3 Å². The number of aromatic nitrogens is 1. The molecule has 0 radical (unpaired) electrons. The molecule has 0 saturated carbocycles. The van der Waals surface area contributed by atoms with Crippen LogP contribution in [0.15, 0.2) is 41.2 Å². The molecule has 1 N–H and O–H groups in total. The Bertz CT molecular complexity index is 654. The van der Waals surface area contributed by atoms with Crippen LogP contribution in [0.4, 0.5) is 0 Å². The summed E-state index contributed by atoms with van der Waals surface area (Å²) in [6.07, 6.45) is 0. The van der Waals surface area contributed by atoms with E-state index in [2.05, 4.69) is 43.4 Å². The molecule has 1 heterocycles. The number of nitrogens with one attached hydrogen (secondary N) is 1. The van der Waals surface area contributed by atoms with Gasteiger partial charge in [0.05, 0.1) is 5.69 Å². The van der Waals surface area contributed by atoms with Crippen LogP contribution in [0.5, 0.6) is 0 Å². The Morgan fingerprint density at radius 2 is 1.76 bits per heavy atom. The van der Waals surface area contributed by atoms with Crippen molar-refractivity contribution in [2.75, 3.05) is 6.54 Å². The maximum Gasteiger partial charge on any atom is 0.255 e. The van der Waals surface area contributed by atoms with E-state index in [1.807, 2.05) is 26.1 Å². The largest absolute Gasteiger partial charge is 0.313 e. The molecule has 2 aromatic rings. The molecule has 2 rings (SSSR count).